The number of carbonyl (C=O) groups is 2. The highest BCUT2D eigenvalue weighted by molar-refractivity contribution is 5.80. The lowest BCUT2D eigenvalue weighted by molar-refractivity contribution is -0.123. The quantitative estimate of drug-likeness (QED) is 0.825. The molecule has 1 saturated carbocycles. The first-order chi connectivity index (χ1) is 10.1. The van der Waals surface area contributed by atoms with Gasteiger partial charge >= 0.3 is 6.09 Å². The Balaban J connectivity index is 1.57. The Bertz CT molecular complexity index is 570. The largest absolute Gasteiger partial charge is 0.445 e. The van der Waals surface area contributed by atoms with Gasteiger partial charge in [0.2, 0.25) is 5.91 Å². The average molecular weight is 286 g/mol. The van der Waals surface area contributed by atoms with E-state index in [4.69, 9.17) is 10.5 Å². The number of alkyl carbamates (subject to hydrolysis) is 1. The van der Waals surface area contributed by atoms with E-state index in [-0.39, 0.29) is 36.3 Å². The number of allylic oxidation sites excluding steroid dienone is 1. The van der Waals surface area contributed by atoms with Crippen molar-refractivity contribution in [2.45, 2.75) is 19.1 Å². The molecule has 2 aliphatic rings. The van der Waals surface area contributed by atoms with Crippen molar-refractivity contribution in [3.63, 3.8) is 0 Å². The minimum absolute atomic E-state index is 0.145. The lowest BCUT2D eigenvalue weighted by Crippen LogP contribution is -2.47. The number of primary amides is 1. The molecule has 0 spiro atoms. The van der Waals surface area contributed by atoms with Gasteiger partial charge in [0.15, 0.2) is 0 Å². The maximum atomic E-state index is 11.9. The Labute approximate surface area is 123 Å². The van der Waals surface area contributed by atoms with Crippen molar-refractivity contribution in [3.8, 4) is 0 Å². The van der Waals surface area contributed by atoms with Crippen LogP contribution in [0.2, 0.25) is 0 Å². The van der Waals surface area contributed by atoms with Crippen LogP contribution in [-0.2, 0) is 16.1 Å². The molecule has 3 rings (SSSR count). The summed E-state index contributed by atoms with van der Waals surface area (Å²) in [5.41, 5.74) is 6.37. The molecular formula is C16H18N2O3. The fraction of sp³-hybridized carbons (Fsp3) is 0.375. The van der Waals surface area contributed by atoms with Gasteiger partial charge in [0.05, 0.1) is 12.0 Å². The molecule has 2 amide bonds. The van der Waals surface area contributed by atoms with Gasteiger partial charge in [-0.15, -0.1) is 0 Å². The normalized spacial score (nSPS) is 29.3. The molecule has 5 nitrogen and oxygen atoms in total. The minimum atomic E-state index is -0.504. The Kier molecular flexibility index (Phi) is 3.64. The predicted octanol–water partition coefficient (Wildman–Crippen LogP) is 1.59. The Morgan fingerprint density at radius 3 is 2.62 bits per heavy atom. The van der Waals surface area contributed by atoms with Gasteiger partial charge in [0.25, 0.3) is 0 Å². The van der Waals surface area contributed by atoms with E-state index in [2.05, 4.69) is 5.32 Å². The van der Waals surface area contributed by atoms with Crippen LogP contribution in [0.5, 0.6) is 0 Å². The molecule has 2 aliphatic carbocycles. The van der Waals surface area contributed by atoms with Crippen molar-refractivity contribution in [3.05, 3.63) is 48.0 Å². The number of ether oxygens (including phenoxy) is 1. The zero-order valence-electron chi connectivity index (χ0n) is 11.6. The number of carbonyl (C=O) groups excluding carboxylic acids is 2. The first-order valence-electron chi connectivity index (χ1n) is 7.10. The molecule has 1 aromatic carbocycles. The van der Waals surface area contributed by atoms with E-state index in [0.717, 1.165) is 12.0 Å². The monoisotopic (exact) mass is 286 g/mol. The summed E-state index contributed by atoms with van der Waals surface area (Å²) in [6, 6.07) is 9.21. The average Bonchev–Trinajstić information content (AvgIpc) is 3.07. The van der Waals surface area contributed by atoms with E-state index < -0.39 is 6.09 Å². The number of fused-ring (bicyclic) bond motifs is 2. The Morgan fingerprint density at radius 1 is 1.19 bits per heavy atom. The van der Waals surface area contributed by atoms with Crippen LogP contribution in [0, 0.1) is 17.8 Å². The van der Waals surface area contributed by atoms with Crippen molar-refractivity contribution in [1.29, 1.82) is 0 Å². The summed E-state index contributed by atoms with van der Waals surface area (Å²) in [6.07, 6.45) is 4.44. The third-order valence-electron chi connectivity index (χ3n) is 4.29. The number of nitrogens with two attached hydrogens (primary N) is 1. The lowest BCUT2D eigenvalue weighted by Gasteiger charge is -2.26. The summed E-state index contributed by atoms with van der Waals surface area (Å²) in [6.45, 7) is 0.213. The maximum Gasteiger partial charge on any atom is 0.407 e. The van der Waals surface area contributed by atoms with Gasteiger partial charge < -0.3 is 15.8 Å². The highest BCUT2D eigenvalue weighted by Gasteiger charge is 2.48. The third-order valence-corrected chi connectivity index (χ3v) is 4.29. The lowest BCUT2D eigenvalue weighted by atomic mass is 9.88. The van der Waals surface area contributed by atoms with Gasteiger partial charge in [0, 0.05) is 0 Å². The Morgan fingerprint density at radius 2 is 1.90 bits per heavy atom. The molecule has 0 aliphatic heterocycles. The van der Waals surface area contributed by atoms with Crippen molar-refractivity contribution in [2.24, 2.45) is 23.5 Å². The minimum Gasteiger partial charge on any atom is -0.445 e. The van der Waals surface area contributed by atoms with E-state index in [0.29, 0.717) is 0 Å². The molecule has 0 heterocycles. The molecule has 0 aromatic heterocycles. The highest BCUT2D eigenvalue weighted by Crippen LogP contribution is 2.43. The summed E-state index contributed by atoms with van der Waals surface area (Å²) < 4.78 is 5.20. The van der Waals surface area contributed by atoms with E-state index in [1.54, 1.807) is 0 Å². The zero-order valence-corrected chi connectivity index (χ0v) is 11.6. The first-order valence-corrected chi connectivity index (χ1v) is 7.10. The molecule has 21 heavy (non-hydrogen) atoms. The fourth-order valence-corrected chi connectivity index (χ4v) is 3.31. The van der Waals surface area contributed by atoms with Crippen molar-refractivity contribution in [2.75, 3.05) is 0 Å². The molecule has 4 atom stereocenters. The molecule has 0 saturated heterocycles. The van der Waals surface area contributed by atoms with Crippen molar-refractivity contribution >= 4 is 12.0 Å². The molecule has 5 heteroatoms. The molecular weight excluding hydrogens is 268 g/mol. The highest BCUT2D eigenvalue weighted by atomic mass is 16.5. The van der Waals surface area contributed by atoms with Crippen molar-refractivity contribution in [1.82, 2.24) is 5.32 Å². The second kappa shape index (κ2) is 5.60. The molecule has 2 bridgehead atoms. The number of benzene rings is 1. The number of rotatable bonds is 4. The molecule has 1 fully saturated rings. The maximum absolute atomic E-state index is 11.9. The smallest absolute Gasteiger partial charge is 0.407 e. The van der Waals surface area contributed by atoms with Crippen molar-refractivity contribution < 1.29 is 14.3 Å². The van der Waals surface area contributed by atoms with E-state index >= 15 is 0 Å². The molecule has 0 radical (unpaired) electrons. The number of hydrogen-bond acceptors (Lipinski definition) is 3. The summed E-state index contributed by atoms with van der Waals surface area (Å²) >= 11 is 0. The first kappa shape index (κ1) is 13.7. The van der Waals surface area contributed by atoms with Crippen LogP contribution < -0.4 is 11.1 Å². The molecule has 110 valence electrons. The van der Waals surface area contributed by atoms with E-state index in [1.165, 1.54) is 0 Å². The zero-order chi connectivity index (χ0) is 14.8. The fourth-order valence-electron chi connectivity index (χ4n) is 3.31. The SMILES string of the molecule is NC(=O)C1C2C=CC(C2)C1NC(=O)OCc1ccccc1. The van der Waals surface area contributed by atoms with Gasteiger partial charge in [-0.25, -0.2) is 4.79 Å². The number of nitrogens with one attached hydrogen (secondary N) is 1. The third kappa shape index (κ3) is 2.77. The molecule has 3 N–H and O–H groups in total. The number of hydrogen-bond donors (Lipinski definition) is 2. The van der Waals surface area contributed by atoms with Crippen LogP contribution in [0.3, 0.4) is 0 Å². The van der Waals surface area contributed by atoms with E-state index in [1.807, 2.05) is 42.5 Å². The summed E-state index contributed by atoms with van der Waals surface area (Å²) in [4.78, 5) is 23.5. The topological polar surface area (TPSA) is 81.4 Å². The standard InChI is InChI=1S/C16H18N2O3/c17-15(19)13-11-6-7-12(8-11)14(13)18-16(20)21-9-10-4-2-1-3-5-10/h1-7,11-14H,8-9H2,(H2,17,19)(H,18,20). The van der Waals surface area contributed by atoms with Crippen LogP contribution in [0.15, 0.2) is 42.5 Å². The van der Waals surface area contributed by atoms with Gasteiger partial charge in [-0.3, -0.25) is 4.79 Å². The van der Waals surface area contributed by atoms with Crippen LogP contribution >= 0.6 is 0 Å². The van der Waals surface area contributed by atoms with Crippen LogP contribution in [0.25, 0.3) is 0 Å². The van der Waals surface area contributed by atoms with Crippen LogP contribution in [0.4, 0.5) is 4.79 Å². The predicted molar refractivity (Wildman–Crippen MR) is 77.0 cm³/mol. The van der Waals surface area contributed by atoms with Gasteiger partial charge in [-0.05, 0) is 23.8 Å². The second-order valence-corrected chi connectivity index (χ2v) is 5.61. The van der Waals surface area contributed by atoms with Gasteiger partial charge in [-0.1, -0.05) is 42.5 Å². The van der Waals surface area contributed by atoms with Gasteiger partial charge in [-0.2, -0.15) is 0 Å². The van der Waals surface area contributed by atoms with Crippen LogP contribution in [-0.4, -0.2) is 18.0 Å². The summed E-state index contributed by atoms with van der Waals surface area (Å²) in [5, 5.41) is 2.80. The number of amides is 2. The molecule has 4 unspecified atom stereocenters. The van der Waals surface area contributed by atoms with Gasteiger partial charge in [0.1, 0.15) is 6.61 Å². The summed E-state index contributed by atoms with van der Waals surface area (Å²) in [7, 11) is 0. The second-order valence-electron chi connectivity index (χ2n) is 5.61. The summed E-state index contributed by atoms with van der Waals surface area (Å²) in [5.74, 6) is -0.367. The molecule has 1 aromatic rings. The van der Waals surface area contributed by atoms with Crippen LogP contribution in [0.1, 0.15) is 12.0 Å². The van der Waals surface area contributed by atoms with E-state index in [9.17, 15) is 9.59 Å². The Hall–Kier alpha value is -2.30.